The van der Waals surface area contributed by atoms with Gasteiger partial charge in [0.2, 0.25) is 0 Å². The van der Waals surface area contributed by atoms with Crippen LogP contribution in [0.5, 0.6) is 0 Å². The molecule has 0 bridgehead atoms. The maximum Gasteiger partial charge on any atom is 0.0580 e. The second-order valence-corrected chi connectivity index (χ2v) is 7.74. The van der Waals surface area contributed by atoms with Gasteiger partial charge in [-0.2, -0.15) is 0 Å². The number of hydrogen-bond donors (Lipinski definition) is 1. The van der Waals surface area contributed by atoms with E-state index in [4.69, 9.17) is 0 Å². The van der Waals surface area contributed by atoms with Crippen LogP contribution in [0.1, 0.15) is 53.4 Å². The summed E-state index contributed by atoms with van der Waals surface area (Å²) in [5.41, 5.74) is 0. The fourth-order valence-electron chi connectivity index (χ4n) is 4.06. The molecule has 4 unspecified atom stereocenters. The van der Waals surface area contributed by atoms with E-state index >= 15 is 0 Å². The fraction of sp³-hybridized carbons (Fsp3) is 1.00. The third-order valence-electron chi connectivity index (χ3n) is 6.04. The third-order valence-corrected chi connectivity index (χ3v) is 6.04. The second kappa shape index (κ2) is 7.94. The summed E-state index contributed by atoms with van der Waals surface area (Å²) >= 11 is 0. The zero-order chi connectivity index (χ0) is 15.4. The molecule has 1 aliphatic carbocycles. The van der Waals surface area contributed by atoms with Crippen LogP contribution < -0.4 is 0 Å². The van der Waals surface area contributed by atoms with Crippen molar-refractivity contribution in [3.05, 3.63) is 0 Å². The lowest BCUT2D eigenvalue weighted by molar-refractivity contribution is 0.00607. The molecule has 1 saturated carbocycles. The zero-order valence-corrected chi connectivity index (χ0v) is 14.6. The Hall–Kier alpha value is -0.120. The lowest BCUT2D eigenvalue weighted by Crippen LogP contribution is -2.51. The average Bonchev–Trinajstić information content (AvgIpc) is 2.49. The van der Waals surface area contributed by atoms with Gasteiger partial charge in [-0.05, 0) is 50.4 Å². The van der Waals surface area contributed by atoms with Crippen LogP contribution >= 0.6 is 0 Å². The van der Waals surface area contributed by atoms with Crippen molar-refractivity contribution < 1.29 is 5.11 Å². The quantitative estimate of drug-likeness (QED) is 0.845. The van der Waals surface area contributed by atoms with Crippen LogP contribution in [-0.4, -0.2) is 59.8 Å². The van der Waals surface area contributed by atoms with Gasteiger partial charge < -0.3 is 10.0 Å². The lowest BCUT2D eigenvalue weighted by Gasteiger charge is -2.42. The first-order valence-electron chi connectivity index (χ1n) is 9.15. The highest BCUT2D eigenvalue weighted by molar-refractivity contribution is 4.85. The Morgan fingerprint density at radius 1 is 1.05 bits per heavy atom. The van der Waals surface area contributed by atoms with Gasteiger partial charge in [0.05, 0.1) is 6.10 Å². The molecular formula is C18H36N2O. The van der Waals surface area contributed by atoms with Gasteiger partial charge in [-0.15, -0.1) is 0 Å². The van der Waals surface area contributed by atoms with Crippen molar-refractivity contribution >= 4 is 0 Å². The van der Waals surface area contributed by atoms with Crippen LogP contribution in [0.15, 0.2) is 0 Å². The first-order valence-corrected chi connectivity index (χ1v) is 9.15. The molecule has 2 fully saturated rings. The molecule has 0 spiro atoms. The van der Waals surface area contributed by atoms with Crippen LogP contribution in [-0.2, 0) is 0 Å². The van der Waals surface area contributed by atoms with E-state index in [1.54, 1.807) is 0 Å². The van der Waals surface area contributed by atoms with Gasteiger partial charge in [-0.1, -0.05) is 20.8 Å². The molecule has 4 atom stereocenters. The van der Waals surface area contributed by atoms with Gasteiger partial charge in [0, 0.05) is 38.8 Å². The summed E-state index contributed by atoms with van der Waals surface area (Å²) in [6.07, 6.45) is 4.65. The highest BCUT2D eigenvalue weighted by Gasteiger charge is 2.32. The maximum absolute atomic E-state index is 10.3. The summed E-state index contributed by atoms with van der Waals surface area (Å²) in [4.78, 5) is 5.21. The standard InChI is InChI=1S/C18H36N2O/c1-5-15(4)20-10-8-19(9-11-20)13-17-12-16(14(2)3)6-7-18(17)21/h14-18,21H,5-13H2,1-4H3. The molecule has 3 nitrogen and oxygen atoms in total. The van der Waals surface area contributed by atoms with Crippen molar-refractivity contribution in [2.45, 2.75) is 65.5 Å². The summed E-state index contributed by atoms with van der Waals surface area (Å²) in [7, 11) is 0. The van der Waals surface area contributed by atoms with Gasteiger partial charge in [0.1, 0.15) is 0 Å². The number of rotatable bonds is 5. The van der Waals surface area contributed by atoms with E-state index in [1.807, 2.05) is 0 Å². The van der Waals surface area contributed by atoms with Gasteiger partial charge >= 0.3 is 0 Å². The fourth-order valence-corrected chi connectivity index (χ4v) is 4.06. The van der Waals surface area contributed by atoms with Gasteiger partial charge in [0.15, 0.2) is 0 Å². The second-order valence-electron chi connectivity index (χ2n) is 7.74. The van der Waals surface area contributed by atoms with E-state index in [9.17, 15) is 5.11 Å². The van der Waals surface area contributed by atoms with Crippen molar-refractivity contribution in [3.8, 4) is 0 Å². The normalized spacial score (nSPS) is 34.3. The first-order chi connectivity index (χ1) is 10.0. The SMILES string of the molecule is CCC(C)N1CCN(CC2CC(C(C)C)CCC2O)CC1. The zero-order valence-electron chi connectivity index (χ0n) is 14.6. The number of nitrogens with zero attached hydrogens (tertiary/aromatic N) is 2. The molecule has 1 saturated heterocycles. The Labute approximate surface area is 131 Å². The van der Waals surface area contributed by atoms with Gasteiger partial charge in [-0.3, -0.25) is 4.90 Å². The van der Waals surface area contributed by atoms with Crippen molar-refractivity contribution in [1.29, 1.82) is 0 Å². The monoisotopic (exact) mass is 296 g/mol. The maximum atomic E-state index is 10.3. The van der Waals surface area contributed by atoms with E-state index in [0.717, 1.165) is 30.8 Å². The first kappa shape index (κ1) is 17.2. The largest absolute Gasteiger partial charge is 0.393 e. The summed E-state index contributed by atoms with van der Waals surface area (Å²) < 4.78 is 0. The summed E-state index contributed by atoms with van der Waals surface area (Å²) in [6.45, 7) is 15.2. The molecule has 2 aliphatic rings. The highest BCUT2D eigenvalue weighted by atomic mass is 16.3. The molecule has 1 heterocycles. The molecular weight excluding hydrogens is 260 g/mol. The molecule has 0 radical (unpaired) electrons. The molecule has 21 heavy (non-hydrogen) atoms. The summed E-state index contributed by atoms with van der Waals surface area (Å²) in [6, 6.07) is 0.720. The van der Waals surface area contributed by atoms with E-state index in [1.165, 1.54) is 45.4 Å². The number of piperazine rings is 1. The minimum atomic E-state index is -0.0624. The Bertz CT molecular complexity index is 300. The summed E-state index contributed by atoms with van der Waals surface area (Å²) in [5.74, 6) is 2.09. The van der Waals surface area contributed by atoms with Crippen molar-refractivity contribution in [1.82, 2.24) is 9.80 Å². The van der Waals surface area contributed by atoms with Crippen LogP contribution in [0.3, 0.4) is 0 Å². The number of aliphatic hydroxyl groups excluding tert-OH is 1. The van der Waals surface area contributed by atoms with Crippen LogP contribution in [0.25, 0.3) is 0 Å². The molecule has 1 aliphatic heterocycles. The minimum absolute atomic E-state index is 0.0624. The van der Waals surface area contributed by atoms with Crippen LogP contribution in [0.4, 0.5) is 0 Å². The minimum Gasteiger partial charge on any atom is -0.393 e. The van der Waals surface area contributed by atoms with Crippen LogP contribution in [0.2, 0.25) is 0 Å². The predicted molar refractivity (Wildman–Crippen MR) is 89.4 cm³/mol. The van der Waals surface area contributed by atoms with Crippen LogP contribution in [0, 0.1) is 17.8 Å². The molecule has 3 heteroatoms. The van der Waals surface area contributed by atoms with Gasteiger partial charge in [0.25, 0.3) is 0 Å². The summed E-state index contributed by atoms with van der Waals surface area (Å²) in [5, 5.41) is 10.3. The van der Waals surface area contributed by atoms with E-state index in [0.29, 0.717) is 5.92 Å². The van der Waals surface area contributed by atoms with E-state index in [2.05, 4.69) is 37.5 Å². The molecule has 0 aromatic carbocycles. The lowest BCUT2D eigenvalue weighted by atomic mass is 9.74. The Balaban J connectivity index is 1.79. The molecule has 2 rings (SSSR count). The Morgan fingerprint density at radius 3 is 2.29 bits per heavy atom. The van der Waals surface area contributed by atoms with E-state index < -0.39 is 0 Å². The predicted octanol–water partition coefficient (Wildman–Crippen LogP) is 2.84. The third kappa shape index (κ3) is 4.67. The Morgan fingerprint density at radius 2 is 1.71 bits per heavy atom. The van der Waals surface area contributed by atoms with Crippen molar-refractivity contribution in [2.24, 2.45) is 17.8 Å². The molecule has 0 amide bonds. The average molecular weight is 296 g/mol. The smallest absolute Gasteiger partial charge is 0.0580 e. The van der Waals surface area contributed by atoms with Crippen molar-refractivity contribution in [2.75, 3.05) is 32.7 Å². The molecule has 1 N–H and O–H groups in total. The Kier molecular flexibility index (Phi) is 6.51. The highest BCUT2D eigenvalue weighted by Crippen LogP contribution is 2.34. The molecule has 124 valence electrons. The van der Waals surface area contributed by atoms with Gasteiger partial charge in [-0.25, -0.2) is 0 Å². The van der Waals surface area contributed by atoms with E-state index in [-0.39, 0.29) is 6.10 Å². The number of aliphatic hydroxyl groups is 1. The molecule has 0 aromatic heterocycles. The topological polar surface area (TPSA) is 26.7 Å². The number of hydrogen-bond acceptors (Lipinski definition) is 3. The van der Waals surface area contributed by atoms with Crippen molar-refractivity contribution in [3.63, 3.8) is 0 Å². The molecule has 0 aromatic rings.